The number of benzene rings is 3. The molecule has 8 nitrogen and oxygen atoms in total. The summed E-state index contributed by atoms with van der Waals surface area (Å²) in [5, 5.41) is 12.8. The van der Waals surface area contributed by atoms with Crippen LogP contribution in [0.1, 0.15) is 11.3 Å². The Morgan fingerprint density at radius 2 is 1.86 bits per heavy atom. The summed E-state index contributed by atoms with van der Waals surface area (Å²) in [4.78, 5) is 37.8. The molecule has 0 radical (unpaired) electrons. The molecule has 0 saturated carbocycles. The molecule has 0 spiro atoms. The third kappa shape index (κ3) is 4.29. The fourth-order valence-electron chi connectivity index (χ4n) is 3.94. The number of imide groups is 1. The van der Waals surface area contributed by atoms with Crippen LogP contribution in [0.3, 0.4) is 0 Å². The van der Waals surface area contributed by atoms with Gasteiger partial charge in [-0.1, -0.05) is 42.5 Å². The second-order valence-electron chi connectivity index (χ2n) is 7.75. The Labute approximate surface area is 203 Å². The van der Waals surface area contributed by atoms with Crippen molar-refractivity contribution in [1.29, 1.82) is 0 Å². The Morgan fingerprint density at radius 3 is 2.66 bits per heavy atom. The molecule has 9 heteroatoms. The molecule has 35 heavy (non-hydrogen) atoms. The number of thioether (sulfide) groups is 1. The highest BCUT2D eigenvalue weighted by molar-refractivity contribution is 8.18. The van der Waals surface area contributed by atoms with Crippen LogP contribution in [-0.2, 0) is 11.3 Å². The second kappa shape index (κ2) is 9.11. The van der Waals surface area contributed by atoms with Crippen molar-refractivity contribution in [3.05, 3.63) is 99.1 Å². The molecular weight excluding hydrogens is 468 g/mol. The van der Waals surface area contributed by atoms with Gasteiger partial charge in [0.25, 0.3) is 16.8 Å². The van der Waals surface area contributed by atoms with Crippen molar-refractivity contribution in [2.75, 3.05) is 7.11 Å². The van der Waals surface area contributed by atoms with E-state index in [0.717, 1.165) is 28.1 Å². The number of nitro groups is 1. The average Bonchev–Trinajstić information content (AvgIpc) is 3.44. The van der Waals surface area contributed by atoms with E-state index in [1.165, 1.54) is 36.3 Å². The van der Waals surface area contributed by atoms with Gasteiger partial charge in [-0.15, -0.1) is 0 Å². The van der Waals surface area contributed by atoms with Crippen molar-refractivity contribution in [3.8, 4) is 17.1 Å². The van der Waals surface area contributed by atoms with Crippen LogP contribution in [0.4, 0.5) is 10.5 Å². The summed E-state index contributed by atoms with van der Waals surface area (Å²) in [5.74, 6) is 0.682. The van der Waals surface area contributed by atoms with Crippen LogP contribution in [-0.4, -0.2) is 28.1 Å². The molecular formula is C26H18N2O6S. The molecule has 5 rings (SSSR count). The van der Waals surface area contributed by atoms with Crippen LogP contribution < -0.4 is 4.74 Å². The summed E-state index contributed by atoms with van der Waals surface area (Å²) in [6.45, 7) is 0.164. The van der Waals surface area contributed by atoms with Gasteiger partial charge in [-0.25, -0.2) is 0 Å². The number of nitro benzene ring substituents is 1. The third-order valence-electron chi connectivity index (χ3n) is 5.64. The van der Waals surface area contributed by atoms with Crippen LogP contribution >= 0.6 is 11.8 Å². The Balaban J connectivity index is 1.41. The van der Waals surface area contributed by atoms with E-state index in [1.807, 2.05) is 42.5 Å². The highest BCUT2D eigenvalue weighted by Gasteiger charge is 2.35. The number of hydrogen-bond acceptors (Lipinski definition) is 7. The van der Waals surface area contributed by atoms with E-state index in [0.29, 0.717) is 22.8 Å². The Morgan fingerprint density at radius 1 is 1.06 bits per heavy atom. The lowest BCUT2D eigenvalue weighted by Gasteiger charge is -2.14. The van der Waals surface area contributed by atoms with E-state index in [-0.39, 0.29) is 22.4 Å². The number of non-ortho nitro benzene ring substituents is 1. The monoisotopic (exact) mass is 486 g/mol. The fourth-order valence-corrected chi connectivity index (χ4v) is 4.76. The first-order valence-corrected chi connectivity index (χ1v) is 11.4. The highest BCUT2D eigenvalue weighted by atomic mass is 32.2. The van der Waals surface area contributed by atoms with E-state index in [1.54, 1.807) is 12.1 Å². The van der Waals surface area contributed by atoms with Crippen molar-refractivity contribution in [1.82, 2.24) is 4.90 Å². The van der Waals surface area contributed by atoms with Crippen molar-refractivity contribution in [2.24, 2.45) is 0 Å². The molecule has 2 amide bonds. The summed E-state index contributed by atoms with van der Waals surface area (Å²) in [6, 6.07) is 21.1. The zero-order valence-electron chi connectivity index (χ0n) is 18.5. The first-order valence-electron chi connectivity index (χ1n) is 10.6. The lowest BCUT2D eigenvalue weighted by atomic mass is 10.0. The maximum Gasteiger partial charge on any atom is 0.293 e. The predicted octanol–water partition coefficient (Wildman–Crippen LogP) is 6.25. The molecule has 4 aromatic rings. The van der Waals surface area contributed by atoms with Gasteiger partial charge >= 0.3 is 0 Å². The van der Waals surface area contributed by atoms with Gasteiger partial charge in [-0.3, -0.25) is 24.6 Å². The maximum atomic E-state index is 13.0. The molecule has 1 fully saturated rings. The smallest absolute Gasteiger partial charge is 0.293 e. The molecule has 1 saturated heterocycles. The molecule has 0 aliphatic carbocycles. The van der Waals surface area contributed by atoms with Crippen LogP contribution in [0.15, 0.2) is 82.1 Å². The molecule has 0 N–H and O–H groups in total. The fraction of sp³-hybridized carbons (Fsp3) is 0.0769. The number of carbonyl (C=O) groups is 2. The minimum atomic E-state index is -0.501. The number of nitrogens with zero attached hydrogens (tertiary/aromatic N) is 2. The first-order chi connectivity index (χ1) is 16.9. The molecule has 2 heterocycles. The number of methoxy groups -OCH3 is 1. The molecule has 3 aromatic carbocycles. The molecule has 0 bridgehead atoms. The molecule has 174 valence electrons. The molecule has 1 aliphatic heterocycles. The second-order valence-corrected chi connectivity index (χ2v) is 8.74. The largest absolute Gasteiger partial charge is 0.496 e. The SMILES string of the molecule is COc1ccc([N+](=O)[O-])cc1-c1ccc(/C=C2/SC(=O)N(Cc3cccc4ccccc34)C2=O)o1. The van der Waals surface area contributed by atoms with Gasteiger partial charge in [0.05, 0.1) is 29.0 Å². The van der Waals surface area contributed by atoms with Gasteiger partial charge < -0.3 is 9.15 Å². The molecule has 1 aliphatic rings. The summed E-state index contributed by atoms with van der Waals surface area (Å²) >= 11 is 0.845. The minimum Gasteiger partial charge on any atom is -0.496 e. The quantitative estimate of drug-likeness (QED) is 0.180. The predicted molar refractivity (Wildman–Crippen MR) is 133 cm³/mol. The first kappa shape index (κ1) is 22.4. The number of fused-ring (bicyclic) bond motifs is 1. The summed E-state index contributed by atoms with van der Waals surface area (Å²) in [5.41, 5.74) is 1.18. The van der Waals surface area contributed by atoms with E-state index in [4.69, 9.17) is 9.15 Å². The topological polar surface area (TPSA) is 103 Å². The maximum absolute atomic E-state index is 13.0. The van der Waals surface area contributed by atoms with Gasteiger partial charge in [0.15, 0.2) is 0 Å². The highest BCUT2D eigenvalue weighted by Crippen LogP contribution is 2.37. The summed E-state index contributed by atoms with van der Waals surface area (Å²) in [6.07, 6.45) is 1.50. The van der Waals surface area contributed by atoms with Crippen molar-refractivity contribution >= 4 is 45.4 Å². The van der Waals surface area contributed by atoms with Crippen LogP contribution in [0, 0.1) is 10.1 Å². The zero-order valence-corrected chi connectivity index (χ0v) is 19.3. The van der Waals surface area contributed by atoms with Crippen LogP contribution in [0.5, 0.6) is 5.75 Å². The van der Waals surface area contributed by atoms with Crippen molar-refractivity contribution in [2.45, 2.75) is 6.54 Å². The van der Waals surface area contributed by atoms with Gasteiger partial charge in [-0.2, -0.15) is 0 Å². The van der Waals surface area contributed by atoms with E-state index in [9.17, 15) is 19.7 Å². The van der Waals surface area contributed by atoms with Gasteiger partial charge in [0.2, 0.25) is 0 Å². The number of hydrogen-bond donors (Lipinski definition) is 0. The van der Waals surface area contributed by atoms with Crippen LogP contribution in [0.25, 0.3) is 28.2 Å². The normalized spacial score (nSPS) is 14.8. The number of furan rings is 1. The standard InChI is InChI=1S/C26H18N2O6S/c1-33-22-11-9-18(28(31)32)13-21(22)23-12-10-19(34-23)14-24-25(29)27(26(30)35-24)15-17-7-4-6-16-5-2-3-8-20(16)17/h2-14H,15H2,1H3/b24-14+. The van der Waals surface area contributed by atoms with Gasteiger partial charge in [-0.05, 0) is 46.3 Å². The number of rotatable bonds is 6. The van der Waals surface area contributed by atoms with E-state index < -0.39 is 10.8 Å². The van der Waals surface area contributed by atoms with Crippen LogP contribution in [0.2, 0.25) is 0 Å². The van der Waals surface area contributed by atoms with E-state index in [2.05, 4.69) is 0 Å². The van der Waals surface area contributed by atoms with E-state index >= 15 is 0 Å². The Bertz CT molecular complexity index is 1520. The molecule has 0 atom stereocenters. The molecule has 0 unspecified atom stereocenters. The number of carbonyl (C=O) groups excluding carboxylic acids is 2. The van der Waals surface area contributed by atoms with Crippen molar-refractivity contribution in [3.63, 3.8) is 0 Å². The number of ether oxygens (including phenoxy) is 1. The van der Waals surface area contributed by atoms with Gasteiger partial charge in [0, 0.05) is 18.2 Å². The minimum absolute atomic E-state index is 0.103. The zero-order chi connectivity index (χ0) is 24.5. The summed E-state index contributed by atoms with van der Waals surface area (Å²) < 4.78 is 11.1. The molecule has 1 aromatic heterocycles. The summed E-state index contributed by atoms with van der Waals surface area (Å²) in [7, 11) is 1.46. The van der Waals surface area contributed by atoms with Gasteiger partial charge in [0.1, 0.15) is 17.3 Å². The average molecular weight is 487 g/mol. The lowest BCUT2D eigenvalue weighted by Crippen LogP contribution is -2.27. The Kier molecular flexibility index (Phi) is 5.84. The van der Waals surface area contributed by atoms with Crippen molar-refractivity contribution < 1.29 is 23.7 Å². The lowest BCUT2D eigenvalue weighted by molar-refractivity contribution is -0.384. The number of amides is 2. The Hall–Kier alpha value is -4.37. The third-order valence-corrected chi connectivity index (χ3v) is 6.55.